The largest absolute Gasteiger partial charge is 0.309 e. The molecule has 1 spiro atoms. The maximum atomic E-state index is 3.84. The van der Waals surface area contributed by atoms with Crippen molar-refractivity contribution in [2.75, 3.05) is 19.6 Å². The lowest BCUT2D eigenvalue weighted by molar-refractivity contribution is 0.0687. The van der Waals surface area contributed by atoms with Gasteiger partial charge in [0.25, 0.3) is 0 Å². The van der Waals surface area contributed by atoms with E-state index in [4.69, 9.17) is 0 Å². The monoisotopic (exact) mass is 252 g/mol. The fourth-order valence-corrected chi connectivity index (χ4v) is 3.69. The van der Waals surface area contributed by atoms with Crippen LogP contribution in [0.5, 0.6) is 0 Å². The smallest absolute Gasteiger partial charge is 0.0309 e. The minimum atomic E-state index is 0.475. The van der Waals surface area contributed by atoms with E-state index in [1.54, 1.807) is 0 Å². The van der Waals surface area contributed by atoms with E-state index in [1.807, 2.05) is 0 Å². The van der Waals surface area contributed by atoms with Crippen LogP contribution in [0.4, 0.5) is 0 Å². The highest BCUT2D eigenvalue weighted by Crippen LogP contribution is 2.31. The normalized spacial score (nSPS) is 26.7. The highest BCUT2D eigenvalue weighted by Gasteiger charge is 2.37. The molecule has 2 fully saturated rings. The molecule has 0 aromatic rings. The quantitative estimate of drug-likeness (QED) is 0.825. The van der Waals surface area contributed by atoms with E-state index in [2.05, 4.69) is 31.0 Å². The summed E-state index contributed by atoms with van der Waals surface area (Å²) in [5, 5.41) is 3.84. The van der Waals surface area contributed by atoms with E-state index in [9.17, 15) is 0 Å². The lowest BCUT2D eigenvalue weighted by atomic mass is 9.80. The van der Waals surface area contributed by atoms with Gasteiger partial charge in [0.2, 0.25) is 0 Å². The predicted molar refractivity (Wildman–Crippen MR) is 78.9 cm³/mol. The fourth-order valence-electron chi connectivity index (χ4n) is 3.69. The number of hydrogen-bond acceptors (Lipinski definition) is 2. The molecule has 0 amide bonds. The van der Waals surface area contributed by atoms with E-state index >= 15 is 0 Å². The van der Waals surface area contributed by atoms with Crippen LogP contribution in [0, 0.1) is 5.92 Å². The Bertz CT molecular complexity index is 238. The Kier molecular flexibility index (Phi) is 5.08. The zero-order chi connectivity index (χ0) is 13.0. The second-order valence-electron chi connectivity index (χ2n) is 7.06. The Morgan fingerprint density at radius 2 is 1.78 bits per heavy atom. The number of rotatable bonds is 4. The highest BCUT2D eigenvalue weighted by molar-refractivity contribution is 4.97. The van der Waals surface area contributed by atoms with E-state index in [1.165, 1.54) is 64.6 Å². The standard InChI is InChI=1S/C16H32N2/c1-14(2)7-8-15(3)18-12-11-17-16(13-18)9-5-4-6-10-16/h14-15,17H,4-13H2,1-3H3. The van der Waals surface area contributed by atoms with Crippen molar-refractivity contribution in [3.05, 3.63) is 0 Å². The first-order valence-electron chi connectivity index (χ1n) is 8.10. The van der Waals surface area contributed by atoms with E-state index in [0.717, 1.165) is 12.0 Å². The lowest BCUT2D eigenvalue weighted by Crippen LogP contribution is -2.62. The molecule has 0 bridgehead atoms. The van der Waals surface area contributed by atoms with Gasteiger partial charge in [-0.2, -0.15) is 0 Å². The third-order valence-electron chi connectivity index (χ3n) is 5.00. The highest BCUT2D eigenvalue weighted by atomic mass is 15.2. The topological polar surface area (TPSA) is 15.3 Å². The summed E-state index contributed by atoms with van der Waals surface area (Å²) in [6.45, 7) is 10.9. The maximum Gasteiger partial charge on any atom is 0.0309 e. The summed E-state index contributed by atoms with van der Waals surface area (Å²) >= 11 is 0. The summed E-state index contributed by atoms with van der Waals surface area (Å²) in [6.07, 6.45) is 9.86. The number of hydrogen-bond donors (Lipinski definition) is 1. The Hall–Kier alpha value is -0.0800. The van der Waals surface area contributed by atoms with Gasteiger partial charge in [0.05, 0.1) is 0 Å². The van der Waals surface area contributed by atoms with Crippen molar-refractivity contribution in [2.24, 2.45) is 5.92 Å². The molecule has 1 saturated heterocycles. The van der Waals surface area contributed by atoms with Gasteiger partial charge in [-0.15, -0.1) is 0 Å². The zero-order valence-electron chi connectivity index (χ0n) is 12.7. The van der Waals surface area contributed by atoms with Gasteiger partial charge < -0.3 is 5.32 Å². The fraction of sp³-hybridized carbons (Fsp3) is 1.00. The minimum absolute atomic E-state index is 0.475. The Morgan fingerprint density at radius 3 is 2.44 bits per heavy atom. The number of nitrogens with zero attached hydrogens (tertiary/aromatic N) is 1. The molecule has 1 saturated carbocycles. The van der Waals surface area contributed by atoms with Crippen LogP contribution in [-0.4, -0.2) is 36.1 Å². The van der Waals surface area contributed by atoms with Crippen molar-refractivity contribution in [3.8, 4) is 0 Å². The van der Waals surface area contributed by atoms with Crippen molar-refractivity contribution < 1.29 is 0 Å². The van der Waals surface area contributed by atoms with Crippen LogP contribution in [0.15, 0.2) is 0 Å². The summed E-state index contributed by atoms with van der Waals surface area (Å²) in [4.78, 5) is 2.75. The average molecular weight is 252 g/mol. The first-order chi connectivity index (χ1) is 8.61. The summed E-state index contributed by atoms with van der Waals surface area (Å²) in [5.41, 5.74) is 0.475. The molecule has 1 N–H and O–H groups in total. The molecule has 106 valence electrons. The summed E-state index contributed by atoms with van der Waals surface area (Å²) in [7, 11) is 0. The van der Waals surface area contributed by atoms with Crippen molar-refractivity contribution in [2.45, 2.75) is 77.3 Å². The predicted octanol–water partition coefficient (Wildman–Crippen LogP) is 3.42. The van der Waals surface area contributed by atoms with Crippen LogP contribution >= 0.6 is 0 Å². The molecule has 1 heterocycles. The molecule has 0 radical (unpaired) electrons. The Balaban J connectivity index is 1.85. The van der Waals surface area contributed by atoms with Crippen molar-refractivity contribution in [1.29, 1.82) is 0 Å². The van der Waals surface area contributed by atoms with Crippen LogP contribution in [0.25, 0.3) is 0 Å². The van der Waals surface area contributed by atoms with Crippen LogP contribution < -0.4 is 5.32 Å². The van der Waals surface area contributed by atoms with E-state index in [-0.39, 0.29) is 0 Å². The van der Waals surface area contributed by atoms with Crippen LogP contribution in [-0.2, 0) is 0 Å². The van der Waals surface area contributed by atoms with Gasteiger partial charge in [0, 0.05) is 31.2 Å². The molecular weight excluding hydrogens is 220 g/mol. The van der Waals surface area contributed by atoms with Gasteiger partial charge in [0.1, 0.15) is 0 Å². The molecule has 18 heavy (non-hydrogen) atoms. The van der Waals surface area contributed by atoms with Gasteiger partial charge in [-0.1, -0.05) is 33.1 Å². The molecule has 2 nitrogen and oxygen atoms in total. The summed E-state index contributed by atoms with van der Waals surface area (Å²) in [5.74, 6) is 0.846. The first kappa shape index (κ1) is 14.3. The second-order valence-corrected chi connectivity index (χ2v) is 7.06. The van der Waals surface area contributed by atoms with Gasteiger partial charge >= 0.3 is 0 Å². The SMILES string of the molecule is CC(C)CCC(C)N1CCNC2(CCCCC2)C1. The van der Waals surface area contributed by atoms with Crippen LogP contribution in [0.1, 0.15) is 65.7 Å². The molecule has 1 atom stereocenters. The van der Waals surface area contributed by atoms with Gasteiger partial charge in [-0.25, -0.2) is 0 Å². The molecule has 0 aromatic carbocycles. The molecule has 0 aromatic heterocycles. The van der Waals surface area contributed by atoms with E-state index < -0.39 is 0 Å². The number of nitrogens with one attached hydrogen (secondary N) is 1. The molecule has 2 heteroatoms. The Labute approximate surface area is 114 Å². The van der Waals surface area contributed by atoms with E-state index in [0.29, 0.717) is 5.54 Å². The van der Waals surface area contributed by atoms with Crippen molar-refractivity contribution in [3.63, 3.8) is 0 Å². The lowest BCUT2D eigenvalue weighted by Gasteiger charge is -2.48. The van der Waals surface area contributed by atoms with Crippen LogP contribution in [0.2, 0.25) is 0 Å². The van der Waals surface area contributed by atoms with Gasteiger partial charge in [-0.05, 0) is 38.5 Å². The van der Waals surface area contributed by atoms with Gasteiger partial charge in [0.15, 0.2) is 0 Å². The average Bonchev–Trinajstić information content (AvgIpc) is 2.37. The zero-order valence-corrected chi connectivity index (χ0v) is 12.7. The maximum absolute atomic E-state index is 3.84. The van der Waals surface area contributed by atoms with Gasteiger partial charge in [-0.3, -0.25) is 4.90 Å². The molecular formula is C16H32N2. The van der Waals surface area contributed by atoms with Crippen LogP contribution in [0.3, 0.4) is 0 Å². The number of piperazine rings is 1. The third kappa shape index (κ3) is 3.71. The van der Waals surface area contributed by atoms with Crippen molar-refractivity contribution in [1.82, 2.24) is 10.2 Å². The van der Waals surface area contributed by atoms with Crippen molar-refractivity contribution >= 4 is 0 Å². The summed E-state index contributed by atoms with van der Waals surface area (Å²) < 4.78 is 0. The second kappa shape index (κ2) is 6.38. The molecule has 2 rings (SSSR count). The summed E-state index contributed by atoms with van der Waals surface area (Å²) in [6, 6.07) is 0.772. The molecule has 1 aliphatic carbocycles. The first-order valence-corrected chi connectivity index (χ1v) is 8.10. The molecule has 1 aliphatic heterocycles. The molecule has 1 unspecified atom stereocenters. The molecule has 2 aliphatic rings. The minimum Gasteiger partial charge on any atom is -0.309 e. The third-order valence-corrected chi connectivity index (χ3v) is 5.00. The Morgan fingerprint density at radius 1 is 1.06 bits per heavy atom.